The average Bonchev–Trinajstić information content (AvgIpc) is 3.00. The Morgan fingerprint density at radius 2 is 2.13 bits per heavy atom. The van der Waals surface area contributed by atoms with E-state index in [1.54, 1.807) is 6.07 Å². The van der Waals surface area contributed by atoms with Gasteiger partial charge in [-0.15, -0.1) is 0 Å². The monoisotopic (exact) mass is 315 g/mol. The van der Waals surface area contributed by atoms with Gasteiger partial charge in [0.15, 0.2) is 0 Å². The standard InChI is InChI=1S/C18H22FN3O/c1-21-16-6-5-14(19)8-13(16)9-17(21)18(23)22-10-12-4-2-3-7-20-15(12)11-22/h5-6,8-9,12,15,20H,2-4,7,10-11H2,1H3/t12-,15+/m0/s1. The van der Waals surface area contributed by atoms with Crippen molar-refractivity contribution in [2.24, 2.45) is 13.0 Å². The van der Waals surface area contributed by atoms with Crippen LogP contribution in [-0.2, 0) is 7.05 Å². The summed E-state index contributed by atoms with van der Waals surface area (Å²) in [5.74, 6) is 0.349. The van der Waals surface area contributed by atoms with Crippen molar-refractivity contribution >= 4 is 16.8 Å². The number of hydrogen-bond donors (Lipinski definition) is 1. The minimum atomic E-state index is -0.269. The van der Waals surface area contributed by atoms with Crippen molar-refractivity contribution in [3.05, 3.63) is 35.8 Å². The van der Waals surface area contributed by atoms with Crippen molar-refractivity contribution in [2.45, 2.75) is 25.3 Å². The van der Waals surface area contributed by atoms with Crippen LogP contribution in [-0.4, -0.2) is 41.1 Å². The smallest absolute Gasteiger partial charge is 0.270 e. The van der Waals surface area contributed by atoms with E-state index >= 15 is 0 Å². The molecule has 2 saturated heterocycles. The number of nitrogens with one attached hydrogen (secondary N) is 1. The van der Waals surface area contributed by atoms with Gasteiger partial charge in [0.05, 0.1) is 0 Å². The van der Waals surface area contributed by atoms with Gasteiger partial charge in [0.25, 0.3) is 5.91 Å². The molecule has 0 saturated carbocycles. The Bertz CT molecular complexity index is 740. The van der Waals surface area contributed by atoms with Gasteiger partial charge in [0, 0.05) is 37.1 Å². The van der Waals surface area contributed by atoms with E-state index in [9.17, 15) is 9.18 Å². The maximum absolute atomic E-state index is 13.4. The van der Waals surface area contributed by atoms with Gasteiger partial charge in [0.2, 0.25) is 0 Å². The number of likely N-dealkylation sites (tertiary alicyclic amines) is 1. The molecule has 4 rings (SSSR count). The number of aryl methyl sites for hydroxylation is 1. The van der Waals surface area contributed by atoms with Crippen molar-refractivity contribution in [1.82, 2.24) is 14.8 Å². The van der Waals surface area contributed by atoms with Crippen LogP contribution in [0, 0.1) is 11.7 Å². The number of carbonyl (C=O) groups is 1. The Labute approximate surface area is 135 Å². The Hall–Kier alpha value is -1.88. The van der Waals surface area contributed by atoms with Crippen LogP contribution in [0.3, 0.4) is 0 Å². The molecule has 5 heteroatoms. The zero-order valence-electron chi connectivity index (χ0n) is 13.4. The zero-order valence-corrected chi connectivity index (χ0v) is 13.4. The lowest BCUT2D eigenvalue weighted by Gasteiger charge is -2.17. The molecule has 2 atom stereocenters. The number of halogens is 1. The number of carbonyl (C=O) groups excluding carboxylic acids is 1. The summed E-state index contributed by atoms with van der Waals surface area (Å²) in [5, 5.41) is 4.36. The van der Waals surface area contributed by atoms with Crippen molar-refractivity contribution < 1.29 is 9.18 Å². The Kier molecular flexibility index (Phi) is 3.60. The second-order valence-corrected chi connectivity index (χ2v) is 6.82. The van der Waals surface area contributed by atoms with Crippen molar-refractivity contribution in [1.29, 1.82) is 0 Å². The van der Waals surface area contributed by atoms with Crippen LogP contribution in [0.4, 0.5) is 4.39 Å². The van der Waals surface area contributed by atoms with E-state index in [4.69, 9.17) is 0 Å². The van der Waals surface area contributed by atoms with Crippen LogP contribution in [0.25, 0.3) is 10.9 Å². The predicted molar refractivity (Wildman–Crippen MR) is 87.9 cm³/mol. The summed E-state index contributed by atoms with van der Waals surface area (Å²) in [5.41, 5.74) is 1.53. The molecule has 122 valence electrons. The van der Waals surface area contributed by atoms with Crippen LogP contribution >= 0.6 is 0 Å². The Balaban J connectivity index is 1.61. The molecule has 2 aliphatic rings. The maximum Gasteiger partial charge on any atom is 0.270 e. The molecule has 1 aromatic carbocycles. The van der Waals surface area contributed by atoms with Crippen LogP contribution in [0.5, 0.6) is 0 Å². The first-order valence-corrected chi connectivity index (χ1v) is 8.41. The van der Waals surface area contributed by atoms with E-state index in [0.29, 0.717) is 17.7 Å². The number of amides is 1. The van der Waals surface area contributed by atoms with Gasteiger partial charge in [-0.2, -0.15) is 0 Å². The van der Waals surface area contributed by atoms with Gasteiger partial charge < -0.3 is 14.8 Å². The number of benzene rings is 1. The summed E-state index contributed by atoms with van der Waals surface area (Å²) in [6.07, 6.45) is 3.67. The summed E-state index contributed by atoms with van der Waals surface area (Å²) < 4.78 is 15.3. The molecule has 3 heterocycles. The van der Waals surface area contributed by atoms with Crippen molar-refractivity contribution in [2.75, 3.05) is 19.6 Å². The van der Waals surface area contributed by atoms with Crippen molar-refractivity contribution in [3.63, 3.8) is 0 Å². The zero-order chi connectivity index (χ0) is 16.0. The molecule has 23 heavy (non-hydrogen) atoms. The third-order valence-corrected chi connectivity index (χ3v) is 5.36. The average molecular weight is 315 g/mol. The normalized spacial score (nSPS) is 24.7. The van der Waals surface area contributed by atoms with E-state index in [1.165, 1.54) is 31.4 Å². The summed E-state index contributed by atoms with van der Waals surface area (Å²) >= 11 is 0. The fourth-order valence-electron chi connectivity index (χ4n) is 4.07. The first-order valence-electron chi connectivity index (χ1n) is 8.41. The molecular weight excluding hydrogens is 293 g/mol. The molecule has 1 N–H and O–H groups in total. The first-order chi connectivity index (χ1) is 11.1. The van der Waals surface area contributed by atoms with Crippen LogP contribution in [0.2, 0.25) is 0 Å². The number of hydrogen-bond acceptors (Lipinski definition) is 2. The number of fused-ring (bicyclic) bond motifs is 2. The molecule has 0 aliphatic carbocycles. The summed E-state index contributed by atoms with van der Waals surface area (Å²) in [4.78, 5) is 14.9. The van der Waals surface area contributed by atoms with Crippen LogP contribution < -0.4 is 5.32 Å². The lowest BCUT2D eigenvalue weighted by molar-refractivity contribution is 0.0775. The van der Waals surface area contributed by atoms with E-state index in [2.05, 4.69) is 5.32 Å². The van der Waals surface area contributed by atoms with E-state index < -0.39 is 0 Å². The Morgan fingerprint density at radius 1 is 1.26 bits per heavy atom. The summed E-state index contributed by atoms with van der Waals surface area (Å²) in [6, 6.07) is 6.89. The van der Waals surface area contributed by atoms with Gasteiger partial charge in [-0.1, -0.05) is 6.42 Å². The summed E-state index contributed by atoms with van der Waals surface area (Å²) in [7, 11) is 1.87. The topological polar surface area (TPSA) is 37.3 Å². The molecule has 4 nitrogen and oxygen atoms in total. The van der Waals surface area contributed by atoms with E-state index in [0.717, 1.165) is 30.5 Å². The van der Waals surface area contributed by atoms with Gasteiger partial charge in [0.1, 0.15) is 11.5 Å². The minimum absolute atomic E-state index is 0.0546. The molecule has 2 aromatic rings. The number of aromatic nitrogens is 1. The highest BCUT2D eigenvalue weighted by molar-refractivity contribution is 5.98. The third kappa shape index (κ3) is 2.53. The third-order valence-electron chi connectivity index (χ3n) is 5.36. The van der Waals surface area contributed by atoms with E-state index in [1.807, 2.05) is 22.6 Å². The fraction of sp³-hybridized carbons (Fsp3) is 0.500. The maximum atomic E-state index is 13.4. The second kappa shape index (κ2) is 5.64. The van der Waals surface area contributed by atoms with Gasteiger partial charge >= 0.3 is 0 Å². The molecule has 1 aromatic heterocycles. The SMILES string of the molecule is Cn1c(C(=O)N2C[C@@H]3CCCCN[C@@H]3C2)cc2cc(F)ccc21. The molecule has 0 unspecified atom stereocenters. The highest BCUT2D eigenvalue weighted by Crippen LogP contribution is 2.27. The van der Waals surface area contributed by atoms with Crippen LogP contribution in [0.1, 0.15) is 29.8 Å². The molecule has 2 fully saturated rings. The molecule has 0 radical (unpaired) electrons. The number of rotatable bonds is 1. The fourth-order valence-corrected chi connectivity index (χ4v) is 4.07. The number of nitrogens with zero attached hydrogens (tertiary/aromatic N) is 2. The minimum Gasteiger partial charge on any atom is -0.340 e. The van der Waals surface area contributed by atoms with Crippen molar-refractivity contribution in [3.8, 4) is 0 Å². The molecule has 0 bridgehead atoms. The van der Waals surface area contributed by atoms with Gasteiger partial charge in [-0.05, 0) is 49.6 Å². The summed E-state index contributed by atoms with van der Waals surface area (Å²) in [6.45, 7) is 2.66. The molecular formula is C18H22FN3O. The van der Waals surface area contributed by atoms with Gasteiger partial charge in [-0.25, -0.2) is 4.39 Å². The lowest BCUT2D eigenvalue weighted by atomic mass is 9.99. The first kappa shape index (κ1) is 14.7. The molecule has 0 spiro atoms. The van der Waals surface area contributed by atoms with Crippen LogP contribution in [0.15, 0.2) is 24.3 Å². The van der Waals surface area contributed by atoms with Gasteiger partial charge in [-0.3, -0.25) is 4.79 Å². The molecule has 1 amide bonds. The highest BCUT2D eigenvalue weighted by Gasteiger charge is 2.36. The molecule has 2 aliphatic heterocycles. The highest BCUT2D eigenvalue weighted by atomic mass is 19.1. The second-order valence-electron chi connectivity index (χ2n) is 6.82. The lowest BCUT2D eigenvalue weighted by Crippen LogP contribution is -2.36. The largest absolute Gasteiger partial charge is 0.340 e. The Morgan fingerprint density at radius 3 is 3.00 bits per heavy atom. The quantitative estimate of drug-likeness (QED) is 0.878. The van der Waals surface area contributed by atoms with E-state index in [-0.39, 0.29) is 11.7 Å². The predicted octanol–water partition coefficient (Wildman–Crippen LogP) is 2.53.